The molecule has 2 N–H and O–H groups in total. The zero-order chi connectivity index (χ0) is 12.0. The largest absolute Gasteiger partial charge is 0.372 e. The maximum Gasteiger partial charge on any atom is 0.152 e. The van der Waals surface area contributed by atoms with Gasteiger partial charge in [0.1, 0.15) is 6.23 Å². The third-order valence-corrected chi connectivity index (χ3v) is 4.23. The molecule has 0 saturated carbocycles. The Hall–Kier alpha value is -0.310. The van der Waals surface area contributed by atoms with Crippen LogP contribution in [0, 0.1) is 0 Å². The molecule has 92 valence electrons. The molecule has 0 aromatic carbocycles. The van der Waals surface area contributed by atoms with Crippen LogP contribution in [-0.4, -0.2) is 45.1 Å². The number of aliphatic hydroxyl groups is 1. The SMILES string of the molecule is OC1Nc2cc(Cl)cnc2N2CCN(I)CC12. The lowest BCUT2D eigenvalue weighted by atomic mass is 10.1. The second-order valence-electron chi connectivity index (χ2n) is 4.24. The van der Waals surface area contributed by atoms with Gasteiger partial charge in [0.2, 0.25) is 0 Å². The van der Waals surface area contributed by atoms with E-state index in [4.69, 9.17) is 11.6 Å². The molecule has 0 spiro atoms. The third-order valence-electron chi connectivity index (χ3n) is 3.14. The van der Waals surface area contributed by atoms with Gasteiger partial charge < -0.3 is 15.3 Å². The number of fused-ring (bicyclic) bond motifs is 3. The number of piperazine rings is 1. The van der Waals surface area contributed by atoms with Crippen LogP contribution in [0.5, 0.6) is 0 Å². The highest BCUT2D eigenvalue weighted by Gasteiger charge is 2.37. The Labute approximate surface area is 118 Å². The number of halogens is 2. The van der Waals surface area contributed by atoms with Crippen LogP contribution in [0.1, 0.15) is 0 Å². The number of anilines is 2. The standard InChI is InChI=1S/C10H12ClIN4O/c11-6-3-7-9(13-4-6)16-2-1-15(12)5-8(16)10(17)14-7/h3-4,8,10,14,17H,1-2,5H2. The molecule has 5 nitrogen and oxygen atoms in total. The summed E-state index contributed by atoms with van der Waals surface area (Å²) >= 11 is 8.20. The number of nitrogens with one attached hydrogen (secondary N) is 1. The van der Waals surface area contributed by atoms with Crippen molar-refractivity contribution in [3.8, 4) is 0 Å². The Bertz CT molecular complexity index is 446. The fourth-order valence-electron chi connectivity index (χ4n) is 2.33. The fourth-order valence-corrected chi connectivity index (χ4v) is 3.11. The molecule has 0 aliphatic carbocycles. The van der Waals surface area contributed by atoms with Gasteiger partial charge in [-0.2, -0.15) is 0 Å². The lowest BCUT2D eigenvalue weighted by molar-refractivity contribution is 0.143. The predicted molar refractivity (Wildman–Crippen MR) is 75.6 cm³/mol. The van der Waals surface area contributed by atoms with E-state index < -0.39 is 6.23 Å². The number of pyridine rings is 1. The van der Waals surface area contributed by atoms with Crippen molar-refractivity contribution in [2.75, 3.05) is 29.9 Å². The quantitative estimate of drug-likeness (QED) is 0.536. The molecule has 2 aliphatic heterocycles. The molecule has 1 aromatic rings. The van der Waals surface area contributed by atoms with Crippen LogP contribution >= 0.6 is 34.5 Å². The number of hydrogen-bond donors (Lipinski definition) is 2. The Morgan fingerprint density at radius 3 is 3.18 bits per heavy atom. The first-order valence-corrected chi connectivity index (χ1v) is 6.77. The summed E-state index contributed by atoms with van der Waals surface area (Å²) < 4.78 is 2.19. The van der Waals surface area contributed by atoms with Gasteiger partial charge in [-0.15, -0.1) is 0 Å². The Kier molecular flexibility index (Phi) is 3.06. The van der Waals surface area contributed by atoms with E-state index >= 15 is 0 Å². The molecule has 0 bridgehead atoms. The lowest BCUT2D eigenvalue weighted by Crippen LogP contribution is -2.60. The minimum atomic E-state index is -0.583. The summed E-state index contributed by atoms with van der Waals surface area (Å²) in [6.45, 7) is 2.65. The molecule has 17 heavy (non-hydrogen) atoms. The van der Waals surface area contributed by atoms with Crippen molar-refractivity contribution in [1.82, 2.24) is 8.10 Å². The van der Waals surface area contributed by atoms with Gasteiger partial charge in [-0.25, -0.2) is 8.10 Å². The topological polar surface area (TPSA) is 51.6 Å². The smallest absolute Gasteiger partial charge is 0.152 e. The van der Waals surface area contributed by atoms with Gasteiger partial charge in [-0.1, -0.05) is 11.6 Å². The zero-order valence-corrected chi connectivity index (χ0v) is 11.9. The predicted octanol–water partition coefficient (Wildman–Crippen LogP) is 1.32. The molecule has 1 saturated heterocycles. The second-order valence-corrected chi connectivity index (χ2v) is 6.04. The summed E-state index contributed by atoms with van der Waals surface area (Å²) in [5.41, 5.74) is 0.808. The molecular weight excluding hydrogens is 354 g/mol. The summed E-state index contributed by atoms with van der Waals surface area (Å²) in [4.78, 5) is 6.52. The van der Waals surface area contributed by atoms with Crippen LogP contribution in [0.3, 0.4) is 0 Å². The summed E-state index contributed by atoms with van der Waals surface area (Å²) in [5, 5.41) is 13.7. The first kappa shape index (κ1) is 11.8. The number of hydrogen-bond acceptors (Lipinski definition) is 5. The Balaban J connectivity index is 1.99. The number of aromatic nitrogens is 1. The van der Waals surface area contributed by atoms with Crippen LogP contribution in [0.4, 0.5) is 11.5 Å². The normalized spacial score (nSPS) is 28.3. The first-order chi connectivity index (χ1) is 8.15. The molecule has 2 unspecified atom stereocenters. The van der Waals surface area contributed by atoms with Crippen molar-refractivity contribution in [1.29, 1.82) is 0 Å². The van der Waals surface area contributed by atoms with Gasteiger partial charge in [-0.05, 0) is 6.07 Å². The van der Waals surface area contributed by atoms with E-state index in [0.717, 1.165) is 31.1 Å². The molecule has 1 fully saturated rings. The van der Waals surface area contributed by atoms with Crippen LogP contribution in [0.25, 0.3) is 0 Å². The van der Waals surface area contributed by atoms with Crippen LogP contribution in [-0.2, 0) is 0 Å². The van der Waals surface area contributed by atoms with Crippen LogP contribution in [0.2, 0.25) is 5.02 Å². The molecule has 2 aliphatic rings. The number of rotatable bonds is 0. The van der Waals surface area contributed by atoms with Crippen molar-refractivity contribution in [2.24, 2.45) is 0 Å². The maximum atomic E-state index is 10.1. The van der Waals surface area contributed by atoms with Gasteiger partial charge >= 0.3 is 0 Å². The Morgan fingerprint density at radius 1 is 1.53 bits per heavy atom. The first-order valence-electron chi connectivity index (χ1n) is 5.42. The van der Waals surface area contributed by atoms with Crippen LogP contribution < -0.4 is 10.2 Å². The monoisotopic (exact) mass is 366 g/mol. The highest BCUT2D eigenvalue weighted by molar-refractivity contribution is 14.1. The summed E-state index contributed by atoms with van der Waals surface area (Å²) in [6, 6.07) is 1.85. The average Bonchev–Trinajstić information content (AvgIpc) is 2.29. The van der Waals surface area contributed by atoms with Gasteiger partial charge in [0.05, 0.1) is 16.8 Å². The van der Waals surface area contributed by atoms with Crippen molar-refractivity contribution in [2.45, 2.75) is 12.3 Å². The summed E-state index contributed by atoms with van der Waals surface area (Å²) in [5.74, 6) is 0.884. The molecule has 3 heterocycles. The van der Waals surface area contributed by atoms with E-state index in [-0.39, 0.29) is 6.04 Å². The van der Waals surface area contributed by atoms with E-state index in [2.05, 4.69) is 41.2 Å². The summed E-state index contributed by atoms with van der Waals surface area (Å²) in [7, 11) is 0. The Morgan fingerprint density at radius 2 is 2.35 bits per heavy atom. The average molecular weight is 367 g/mol. The number of aliphatic hydroxyl groups excluding tert-OH is 1. The van der Waals surface area contributed by atoms with Crippen LogP contribution in [0.15, 0.2) is 12.3 Å². The van der Waals surface area contributed by atoms with Crippen molar-refractivity contribution in [3.05, 3.63) is 17.3 Å². The molecule has 0 radical (unpaired) electrons. The number of nitrogens with zero attached hydrogens (tertiary/aromatic N) is 3. The molecule has 2 atom stereocenters. The van der Waals surface area contributed by atoms with Gasteiger partial charge in [-0.3, -0.25) is 0 Å². The fraction of sp³-hybridized carbons (Fsp3) is 0.500. The van der Waals surface area contributed by atoms with E-state index in [0.29, 0.717) is 5.02 Å². The molecule has 0 amide bonds. The summed E-state index contributed by atoms with van der Waals surface area (Å²) in [6.07, 6.45) is 1.06. The molecular formula is C10H12ClIN4O. The van der Waals surface area contributed by atoms with Crippen molar-refractivity contribution in [3.63, 3.8) is 0 Å². The molecule has 1 aromatic heterocycles. The highest BCUT2D eigenvalue weighted by atomic mass is 127. The van der Waals surface area contributed by atoms with Gasteiger partial charge in [0.25, 0.3) is 0 Å². The third kappa shape index (κ3) is 2.07. The molecule has 3 rings (SSSR count). The maximum absolute atomic E-state index is 10.1. The van der Waals surface area contributed by atoms with Gasteiger partial charge in [0, 0.05) is 48.7 Å². The zero-order valence-electron chi connectivity index (χ0n) is 8.98. The van der Waals surface area contributed by atoms with E-state index in [1.807, 2.05) is 0 Å². The van der Waals surface area contributed by atoms with Crippen molar-refractivity contribution < 1.29 is 5.11 Å². The van der Waals surface area contributed by atoms with E-state index in [9.17, 15) is 5.11 Å². The van der Waals surface area contributed by atoms with E-state index in [1.54, 1.807) is 12.3 Å². The van der Waals surface area contributed by atoms with Crippen molar-refractivity contribution >= 4 is 46.0 Å². The van der Waals surface area contributed by atoms with Gasteiger partial charge in [0.15, 0.2) is 5.82 Å². The minimum Gasteiger partial charge on any atom is -0.372 e. The second kappa shape index (κ2) is 4.42. The minimum absolute atomic E-state index is 0.0434. The lowest BCUT2D eigenvalue weighted by Gasteiger charge is -2.46. The van der Waals surface area contributed by atoms with E-state index in [1.165, 1.54) is 0 Å². The molecule has 7 heteroatoms. The highest BCUT2D eigenvalue weighted by Crippen LogP contribution is 2.35.